The molecule has 0 aliphatic carbocycles. The van der Waals surface area contributed by atoms with Crippen LogP contribution in [0.5, 0.6) is 5.75 Å². The molecule has 1 aliphatic heterocycles. The van der Waals surface area contributed by atoms with Gasteiger partial charge in [-0.15, -0.1) is 0 Å². The highest BCUT2D eigenvalue weighted by atomic mass is 16.5. The van der Waals surface area contributed by atoms with Crippen molar-refractivity contribution in [3.63, 3.8) is 0 Å². The summed E-state index contributed by atoms with van der Waals surface area (Å²) in [5.41, 5.74) is 2.63. The van der Waals surface area contributed by atoms with E-state index in [1.54, 1.807) is 0 Å². The molecule has 0 spiro atoms. The molecule has 1 heterocycles. The number of para-hydroxylation sites is 1. The van der Waals surface area contributed by atoms with Crippen LogP contribution in [-0.2, 0) is 0 Å². The Morgan fingerprint density at radius 1 is 1.00 bits per heavy atom. The summed E-state index contributed by atoms with van der Waals surface area (Å²) in [6.07, 6.45) is 0.490. The quantitative estimate of drug-likeness (QED) is 0.612. The number of benzene rings is 2. The Morgan fingerprint density at radius 3 is 2.50 bits per heavy atom. The maximum atomic E-state index is 9.13. The van der Waals surface area contributed by atoms with E-state index in [-0.39, 0.29) is 6.10 Å². The van der Waals surface area contributed by atoms with Gasteiger partial charge in [0, 0.05) is 12.0 Å². The molecule has 18 heavy (non-hydrogen) atoms. The maximum absolute atomic E-state index is 9.13. The lowest BCUT2D eigenvalue weighted by Crippen LogP contribution is -2.20. The van der Waals surface area contributed by atoms with Crippen molar-refractivity contribution in [2.75, 3.05) is 0 Å². The molecule has 90 valence electrons. The minimum Gasteiger partial charge on any atom is -0.485 e. The van der Waals surface area contributed by atoms with Crippen molar-refractivity contribution in [3.05, 3.63) is 65.7 Å². The van der Waals surface area contributed by atoms with Crippen LogP contribution in [0.25, 0.3) is 0 Å². The SMILES string of the molecule is O/N=C1\CC(c2ccccc2)Oc2ccccc21. The Labute approximate surface area is 105 Å². The lowest BCUT2D eigenvalue weighted by atomic mass is 9.96. The van der Waals surface area contributed by atoms with E-state index in [9.17, 15) is 0 Å². The van der Waals surface area contributed by atoms with Crippen molar-refractivity contribution in [1.29, 1.82) is 0 Å². The molecule has 1 aliphatic rings. The average molecular weight is 239 g/mol. The number of rotatable bonds is 1. The van der Waals surface area contributed by atoms with Gasteiger partial charge in [-0.2, -0.15) is 0 Å². The molecule has 0 bridgehead atoms. The van der Waals surface area contributed by atoms with Crippen LogP contribution in [0.3, 0.4) is 0 Å². The van der Waals surface area contributed by atoms with Gasteiger partial charge in [0.25, 0.3) is 0 Å². The molecule has 1 atom stereocenters. The Hall–Kier alpha value is -2.29. The zero-order valence-electron chi connectivity index (χ0n) is 9.78. The van der Waals surface area contributed by atoms with E-state index < -0.39 is 0 Å². The predicted molar refractivity (Wildman–Crippen MR) is 69.2 cm³/mol. The van der Waals surface area contributed by atoms with Crippen LogP contribution in [0, 0.1) is 0 Å². The van der Waals surface area contributed by atoms with E-state index in [0.717, 1.165) is 16.9 Å². The van der Waals surface area contributed by atoms with Crippen LogP contribution in [0.1, 0.15) is 23.7 Å². The van der Waals surface area contributed by atoms with Gasteiger partial charge in [0.05, 0.1) is 5.71 Å². The Balaban J connectivity index is 2.00. The van der Waals surface area contributed by atoms with Gasteiger partial charge in [0.15, 0.2) is 0 Å². The third kappa shape index (κ3) is 1.84. The first kappa shape index (κ1) is 10.8. The monoisotopic (exact) mass is 239 g/mol. The molecule has 0 saturated heterocycles. The van der Waals surface area contributed by atoms with Gasteiger partial charge < -0.3 is 9.94 Å². The topological polar surface area (TPSA) is 41.8 Å². The van der Waals surface area contributed by atoms with Gasteiger partial charge in [-0.05, 0) is 17.7 Å². The van der Waals surface area contributed by atoms with E-state index in [1.165, 1.54) is 0 Å². The third-order valence-corrected chi connectivity index (χ3v) is 3.14. The molecule has 0 saturated carbocycles. The van der Waals surface area contributed by atoms with Crippen molar-refractivity contribution in [1.82, 2.24) is 0 Å². The summed E-state index contributed by atoms with van der Waals surface area (Å²) in [7, 11) is 0. The van der Waals surface area contributed by atoms with Crippen molar-refractivity contribution in [3.8, 4) is 5.75 Å². The lowest BCUT2D eigenvalue weighted by molar-refractivity contribution is 0.203. The number of hydrogen-bond donors (Lipinski definition) is 1. The third-order valence-electron chi connectivity index (χ3n) is 3.14. The summed E-state index contributed by atoms with van der Waals surface area (Å²) >= 11 is 0. The summed E-state index contributed by atoms with van der Waals surface area (Å²) in [4.78, 5) is 0. The zero-order valence-corrected chi connectivity index (χ0v) is 9.78. The fourth-order valence-corrected chi connectivity index (χ4v) is 2.24. The van der Waals surface area contributed by atoms with Crippen LogP contribution in [-0.4, -0.2) is 10.9 Å². The molecular formula is C15H13NO2. The lowest BCUT2D eigenvalue weighted by Gasteiger charge is -2.26. The van der Waals surface area contributed by atoms with Gasteiger partial charge in [-0.25, -0.2) is 0 Å². The molecule has 0 amide bonds. The summed E-state index contributed by atoms with van der Waals surface area (Å²) in [5, 5.41) is 12.5. The molecule has 1 N–H and O–H groups in total. The minimum atomic E-state index is -0.0907. The van der Waals surface area contributed by atoms with E-state index in [1.807, 2.05) is 54.6 Å². The van der Waals surface area contributed by atoms with E-state index in [2.05, 4.69) is 5.16 Å². The first-order valence-electron chi connectivity index (χ1n) is 5.90. The summed E-state index contributed by atoms with van der Waals surface area (Å²) in [6.45, 7) is 0. The Bertz CT molecular complexity index is 578. The summed E-state index contributed by atoms with van der Waals surface area (Å²) in [5.74, 6) is 0.769. The van der Waals surface area contributed by atoms with Gasteiger partial charge >= 0.3 is 0 Å². The van der Waals surface area contributed by atoms with Crippen molar-refractivity contribution in [2.45, 2.75) is 12.5 Å². The highest BCUT2D eigenvalue weighted by Crippen LogP contribution is 2.34. The predicted octanol–water partition coefficient (Wildman–Crippen LogP) is 3.39. The number of ether oxygens (including phenoxy) is 1. The molecule has 0 radical (unpaired) electrons. The standard InChI is InChI=1S/C15H13NO2/c17-16-13-10-15(11-6-2-1-3-7-11)18-14-9-5-4-8-12(13)14/h1-9,15,17H,10H2/b16-13+. The first-order chi connectivity index (χ1) is 8.88. The summed E-state index contributed by atoms with van der Waals surface area (Å²) < 4.78 is 5.96. The second-order valence-electron chi connectivity index (χ2n) is 4.26. The van der Waals surface area contributed by atoms with E-state index in [0.29, 0.717) is 12.1 Å². The van der Waals surface area contributed by atoms with E-state index in [4.69, 9.17) is 9.94 Å². The number of oxime groups is 1. The van der Waals surface area contributed by atoms with Crippen LogP contribution in [0.2, 0.25) is 0 Å². The molecule has 0 fully saturated rings. The fourth-order valence-electron chi connectivity index (χ4n) is 2.24. The number of fused-ring (bicyclic) bond motifs is 1. The normalized spacial score (nSPS) is 20.2. The van der Waals surface area contributed by atoms with Crippen LogP contribution in [0.15, 0.2) is 59.8 Å². The Kier molecular flexibility index (Phi) is 2.73. The zero-order chi connectivity index (χ0) is 12.4. The van der Waals surface area contributed by atoms with Crippen molar-refractivity contribution >= 4 is 5.71 Å². The molecule has 0 aromatic heterocycles. The maximum Gasteiger partial charge on any atom is 0.129 e. The number of hydrogen-bond acceptors (Lipinski definition) is 3. The molecule has 3 heteroatoms. The van der Waals surface area contributed by atoms with Gasteiger partial charge in [-0.1, -0.05) is 47.6 Å². The average Bonchev–Trinajstić information content (AvgIpc) is 2.47. The van der Waals surface area contributed by atoms with Gasteiger partial charge in [-0.3, -0.25) is 0 Å². The Morgan fingerprint density at radius 2 is 1.72 bits per heavy atom. The van der Waals surface area contributed by atoms with Crippen LogP contribution in [0.4, 0.5) is 0 Å². The van der Waals surface area contributed by atoms with Crippen LogP contribution >= 0.6 is 0 Å². The fraction of sp³-hybridized carbons (Fsp3) is 0.133. The van der Waals surface area contributed by atoms with E-state index >= 15 is 0 Å². The molecule has 1 unspecified atom stereocenters. The highest BCUT2D eigenvalue weighted by Gasteiger charge is 2.26. The van der Waals surface area contributed by atoms with Crippen LogP contribution < -0.4 is 4.74 Å². The smallest absolute Gasteiger partial charge is 0.129 e. The molecule has 2 aromatic rings. The largest absolute Gasteiger partial charge is 0.485 e. The number of nitrogens with zero attached hydrogens (tertiary/aromatic N) is 1. The first-order valence-corrected chi connectivity index (χ1v) is 5.90. The van der Waals surface area contributed by atoms with Crippen molar-refractivity contribution < 1.29 is 9.94 Å². The van der Waals surface area contributed by atoms with Gasteiger partial charge in [0.1, 0.15) is 11.9 Å². The van der Waals surface area contributed by atoms with Crippen molar-refractivity contribution in [2.24, 2.45) is 5.16 Å². The molecule has 3 rings (SSSR count). The highest BCUT2D eigenvalue weighted by molar-refractivity contribution is 6.03. The van der Waals surface area contributed by atoms with Gasteiger partial charge in [0.2, 0.25) is 0 Å². The molecule has 2 aromatic carbocycles. The second-order valence-corrected chi connectivity index (χ2v) is 4.26. The summed E-state index contributed by atoms with van der Waals surface area (Å²) in [6, 6.07) is 17.6. The molecular weight excluding hydrogens is 226 g/mol. The minimum absolute atomic E-state index is 0.0907. The second kappa shape index (κ2) is 4.53. The molecule has 3 nitrogen and oxygen atoms in total.